The van der Waals surface area contributed by atoms with Crippen LogP contribution in [0.3, 0.4) is 0 Å². The molecule has 7 nitrogen and oxygen atoms in total. The van der Waals surface area contributed by atoms with E-state index in [1.54, 1.807) is 24.3 Å². The Balaban J connectivity index is 1.70. The van der Waals surface area contributed by atoms with Gasteiger partial charge in [-0.2, -0.15) is 0 Å². The minimum Gasteiger partial charge on any atom is -0.464 e. The highest BCUT2D eigenvalue weighted by atomic mass is 16.7. The molecule has 1 aromatic heterocycles. The predicted molar refractivity (Wildman–Crippen MR) is 128 cm³/mol. The number of nitrogens with one attached hydrogen (secondary N) is 1. The molecular formula is C27H29NO6. The maximum absolute atomic E-state index is 13.4. The fourth-order valence-electron chi connectivity index (χ4n) is 4.31. The molecule has 0 unspecified atom stereocenters. The Morgan fingerprint density at radius 1 is 1.12 bits per heavy atom. The fraction of sp³-hybridized carbons (Fsp3) is 0.333. The van der Waals surface area contributed by atoms with Crippen molar-refractivity contribution in [1.29, 1.82) is 0 Å². The van der Waals surface area contributed by atoms with E-state index in [4.69, 9.17) is 13.9 Å². The third-order valence-corrected chi connectivity index (χ3v) is 6.00. The number of aliphatic hydroxyl groups excluding tert-OH is 1. The molecule has 1 aliphatic rings. The quantitative estimate of drug-likeness (QED) is 0.500. The number of amides is 1. The second-order valence-electron chi connectivity index (χ2n) is 8.21. The van der Waals surface area contributed by atoms with E-state index in [1.165, 1.54) is 6.26 Å². The Labute approximate surface area is 198 Å². The summed E-state index contributed by atoms with van der Waals surface area (Å²) in [7, 11) is 0. The Morgan fingerprint density at radius 2 is 1.88 bits per heavy atom. The molecule has 0 spiro atoms. The number of fused-ring (bicyclic) bond motifs is 1. The van der Waals surface area contributed by atoms with Crippen LogP contribution < -0.4 is 10.7 Å². The summed E-state index contributed by atoms with van der Waals surface area (Å²) in [6, 6.07) is 16.6. The molecule has 4 rings (SSSR count). The minimum absolute atomic E-state index is 0.00251. The number of benzene rings is 2. The summed E-state index contributed by atoms with van der Waals surface area (Å²) >= 11 is 0. The summed E-state index contributed by atoms with van der Waals surface area (Å²) in [6.45, 7) is 2.57. The molecule has 3 atom stereocenters. The standard InChI is InChI=1S/C27H29NO6/c1-2-32-27-19(12-8-14-29)21(22-17-33-23-13-7-6-11-20(23)25(22)30)15-24(34-27)26(31)28-16-18-9-4-3-5-10-18/h3-7,9-11,13,15,17,19,21,27,29H,2,8,12,14,16H2,1H3,(H,28,31)/t19-,21-,27+/m1/s1. The first-order valence-electron chi connectivity index (χ1n) is 11.6. The predicted octanol–water partition coefficient (Wildman–Crippen LogP) is 3.86. The largest absolute Gasteiger partial charge is 0.464 e. The number of rotatable bonds is 9. The molecule has 0 aliphatic carbocycles. The van der Waals surface area contributed by atoms with Gasteiger partial charge in [0.2, 0.25) is 6.29 Å². The third-order valence-electron chi connectivity index (χ3n) is 6.00. The summed E-state index contributed by atoms with van der Waals surface area (Å²) in [5.74, 6) is -1.03. The van der Waals surface area contributed by atoms with Gasteiger partial charge in [0.05, 0.1) is 11.6 Å². The zero-order valence-corrected chi connectivity index (χ0v) is 19.1. The zero-order chi connectivity index (χ0) is 23.9. The van der Waals surface area contributed by atoms with E-state index in [2.05, 4.69) is 5.32 Å². The van der Waals surface area contributed by atoms with Gasteiger partial charge in [-0.15, -0.1) is 0 Å². The first kappa shape index (κ1) is 23.7. The lowest BCUT2D eigenvalue weighted by atomic mass is 9.81. The number of aliphatic hydroxyl groups is 1. The van der Waals surface area contributed by atoms with Crippen LogP contribution in [0.15, 0.2) is 81.9 Å². The van der Waals surface area contributed by atoms with E-state index in [0.717, 1.165) is 5.56 Å². The van der Waals surface area contributed by atoms with E-state index < -0.39 is 12.2 Å². The summed E-state index contributed by atoms with van der Waals surface area (Å²) in [5.41, 5.74) is 1.74. The maximum Gasteiger partial charge on any atom is 0.286 e. The molecule has 0 saturated carbocycles. The Bertz CT molecular complexity index is 1200. The van der Waals surface area contributed by atoms with Crippen molar-refractivity contribution in [3.63, 3.8) is 0 Å². The van der Waals surface area contributed by atoms with Gasteiger partial charge in [0.15, 0.2) is 11.2 Å². The second kappa shape index (κ2) is 11.1. The first-order chi connectivity index (χ1) is 16.6. The van der Waals surface area contributed by atoms with Crippen LogP contribution in [-0.2, 0) is 20.8 Å². The SMILES string of the molecule is CCO[C@H]1OC(C(=O)NCc2ccccc2)=C[C@@H](c2coc3ccccc3c2=O)[C@H]1CCCO. The number of hydrogen-bond acceptors (Lipinski definition) is 6. The van der Waals surface area contributed by atoms with Gasteiger partial charge in [0, 0.05) is 37.2 Å². The normalized spacial score (nSPS) is 19.9. The number of carbonyl (C=O) groups excluding carboxylic acids is 1. The molecule has 0 bridgehead atoms. The van der Waals surface area contributed by atoms with E-state index in [-0.39, 0.29) is 29.6 Å². The van der Waals surface area contributed by atoms with Gasteiger partial charge in [-0.05, 0) is 43.5 Å². The average Bonchev–Trinajstić information content (AvgIpc) is 2.87. The highest BCUT2D eigenvalue weighted by Crippen LogP contribution is 2.38. The van der Waals surface area contributed by atoms with Crippen LogP contribution in [-0.4, -0.2) is 30.5 Å². The van der Waals surface area contributed by atoms with Gasteiger partial charge in [-0.25, -0.2) is 0 Å². The van der Waals surface area contributed by atoms with E-state index in [0.29, 0.717) is 42.5 Å². The van der Waals surface area contributed by atoms with E-state index >= 15 is 0 Å². The van der Waals surface area contributed by atoms with Crippen molar-refractivity contribution in [2.75, 3.05) is 13.2 Å². The molecule has 2 aromatic carbocycles. The van der Waals surface area contributed by atoms with E-state index in [9.17, 15) is 14.7 Å². The molecule has 2 heterocycles. The molecule has 0 radical (unpaired) electrons. The summed E-state index contributed by atoms with van der Waals surface area (Å²) < 4.78 is 17.6. The van der Waals surface area contributed by atoms with Crippen molar-refractivity contribution in [3.8, 4) is 0 Å². The van der Waals surface area contributed by atoms with Crippen LogP contribution in [0, 0.1) is 5.92 Å². The molecule has 34 heavy (non-hydrogen) atoms. The minimum atomic E-state index is -0.741. The van der Waals surface area contributed by atoms with Gasteiger partial charge in [0.25, 0.3) is 5.91 Å². The first-order valence-corrected chi connectivity index (χ1v) is 11.6. The van der Waals surface area contributed by atoms with Crippen LogP contribution in [0.1, 0.15) is 36.8 Å². The maximum atomic E-state index is 13.4. The van der Waals surface area contributed by atoms with E-state index in [1.807, 2.05) is 43.3 Å². The Morgan fingerprint density at radius 3 is 2.65 bits per heavy atom. The number of carbonyl (C=O) groups is 1. The topological polar surface area (TPSA) is 98.0 Å². The van der Waals surface area contributed by atoms with Gasteiger partial charge >= 0.3 is 0 Å². The molecule has 178 valence electrons. The van der Waals surface area contributed by atoms with Gasteiger partial charge in [-0.3, -0.25) is 9.59 Å². The molecular weight excluding hydrogens is 434 g/mol. The smallest absolute Gasteiger partial charge is 0.286 e. The molecule has 3 aromatic rings. The highest BCUT2D eigenvalue weighted by molar-refractivity contribution is 5.91. The summed E-state index contributed by atoms with van der Waals surface area (Å²) in [4.78, 5) is 26.4. The highest BCUT2D eigenvalue weighted by Gasteiger charge is 2.39. The zero-order valence-electron chi connectivity index (χ0n) is 19.1. The average molecular weight is 464 g/mol. The lowest BCUT2D eigenvalue weighted by molar-refractivity contribution is -0.166. The van der Waals surface area contributed by atoms with Crippen molar-refractivity contribution in [3.05, 3.63) is 94.0 Å². The van der Waals surface area contributed by atoms with Gasteiger partial charge < -0.3 is 24.3 Å². The van der Waals surface area contributed by atoms with Crippen LogP contribution in [0.2, 0.25) is 0 Å². The van der Waals surface area contributed by atoms with Crippen LogP contribution >= 0.6 is 0 Å². The number of hydrogen-bond donors (Lipinski definition) is 2. The molecule has 7 heteroatoms. The van der Waals surface area contributed by atoms with Crippen LogP contribution in [0.4, 0.5) is 0 Å². The Kier molecular flexibility index (Phi) is 7.77. The number of para-hydroxylation sites is 1. The lowest BCUT2D eigenvalue weighted by Crippen LogP contribution is -2.40. The van der Waals surface area contributed by atoms with Crippen LogP contribution in [0.5, 0.6) is 0 Å². The van der Waals surface area contributed by atoms with Gasteiger partial charge in [0.1, 0.15) is 5.58 Å². The molecule has 1 amide bonds. The molecule has 1 aliphatic heterocycles. The van der Waals surface area contributed by atoms with Crippen molar-refractivity contribution in [2.45, 2.75) is 38.5 Å². The second-order valence-corrected chi connectivity index (χ2v) is 8.21. The lowest BCUT2D eigenvalue weighted by Gasteiger charge is -2.36. The Hall–Kier alpha value is -3.42. The molecule has 0 fully saturated rings. The van der Waals surface area contributed by atoms with Crippen molar-refractivity contribution in [1.82, 2.24) is 5.32 Å². The van der Waals surface area contributed by atoms with Crippen molar-refractivity contribution >= 4 is 16.9 Å². The third kappa shape index (κ3) is 5.21. The summed E-state index contributed by atoms with van der Waals surface area (Å²) in [5, 5.41) is 12.8. The number of allylic oxidation sites excluding steroid dienone is 1. The monoisotopic (exact) mass is 463 g/mol. The summed E-state index contributed by atoms with van der Waals surface area (Å²) in [6.07, 6.45) is 3.46. The van der Waals surface area contributed by atoms with Crippen molar-refractivity contribution < 1.29 is 23.8 Å². The molecule has 2 N–H and O–H groups in total. The van der Waals surface area contributed by atoms with Crippen molar-refractivity contribution in [2.24, 2.45) is 5.92 Å². The van der Waals surface area contributed by atoms with Gasteiger partial charge in [-0.1, -0.05) is 42.5 Å². The number of ether oxygens (including phenoxy) is 2. The van der Waals surface area contributed by atoms with Crippen LogP contribution in [0.25, 0.3) is 11.0 Å². The fourth-order valence-corrected chi connectivity index (χ4v) is 4.31. The molecule has 0 saturated heterocycles.